The van der Waals surface area contributed by atoms with Crippen molar-refractivity contribution in [2.24, 2.45) is 5.92 Å². The van der Waals surface area contributed by atoms with Crippen molar-refractivity contribution < 1.29 is 9.84 Å². The van der Waals surface area contributed by atoms with E-state index in [1.54, 1.807) is 6.07 Å². The zero-order valence-corrected chi connectivity index (χ0v) is 16.9. The number of fused-ring (bicyclic) bond motifs is 2. The Hall–Kier alpha value is -2.92. The minimum Gasteiger partial charge on any atom is -0.504 e. The average Bonchev–Trinajstić information content (AvgIpc) is 3.13. The Morgan fingerprint density at radius 1 is 1.07 bits per heavy atom. The van der Waals surface area contributed by atoms with Crippen LogP contribution in [0.15, 0.2) is 48.5 Å². The smallest absolute Gasteiger partial charge is 0.166 e. The lowest BCUT2D eigenvalue weighted by atomic mass is 9.51. The maximum Gasteiger partial charge on any atom is 0.166 e. The maximum atomic E-state index is 10.6. The van der Waals surface area contributed by atoms with Gasteiger partial charge in [0.25, 0.3) is 0 Å². The minimum absolute atomic E-state index is 0.102. The largest absolute Gasteiger partial charge is 0.504 e. The summed E-state index contributed by atoms with van der Waals surface area (Å²) in [6.45, 7) is 1.04. The molecule has 0 amide bonds. The Morgan fingerprint density at radius 2 is 1.93 bits per heavy atom. The Labute approximate surface area is 175 Å². The summed E-state index contributed by atoms with van der Waals surface area (Å²) in [7, 11) is 2.25. The molecular formula is C25H23N3O2. The molecule has 1 aromatic heterocycles. The normalized spacial score (nSPS) is 30.4. The van der Waals surface area contributed by atoms with Crippen molar-refractivity contribution in [1.82, 2.24) is 15.1 Å². The van der Waals surface area contributed by atoms with E-state index in [0.717, 1.165) is 42.8 Å². The first-order valence-electron chi connectivity index (χ1n) is 10.8. The van der Waals surface area contributed by atoms with Gasteiger partial charge in [-0.3, -0.25) is 0 Å². The molecule has 7 rings (SSSR count). The van der Waals surface area contributed by atoms with Gasteiger partial charge in [-0.2, -0.15) is 10.2 Å². The van der Waals surface area contributed by atoms with Crippen molar-refractivity contribution in [3.05, 3.63) is 70.9 Å². The fourth-order valence-electron chi connectivity index (χ4n) is 6.72. The second-order valence-electron chi connectivity index (χ2n) is 9.30. The molecule has 0 saturated carbocycles. The Morgan fingerprint density at radius 3 is 2.80 bits per heavy atom. The number of hydrogen-bond donors (Lipinski definition) is 1. The topological polar surface area (TPSA) is 58.5 Å². The molecule has 1 fully saturated rings. The van der Waals surface area contributed by atoms with Gasteiger partial charge in [0.1, 0.15) is 5.69 Å². The van der Waals surface area contributed by atoms with Crippen LogP contribution in [0, 0.1) is 5.92 Å². The van der Waals surface area contributed by atoms with Gasteiger partial charge in [0.15, 0.2) is 17.6 Å². The number of nitrogens with zero attached hydrogens (tertiary/aromatic N) is 3. The minimum atomic E-state index is -0.165. The number of aromatic nitrogens is 2. The molecule has 3 aromatic rings. The molecule has 2 aliphatic heterocycles. The van der Waals surface area contributed by atoms with Crippen molar-refractivity contribution in [3.8, 4) is 22.8 Å². The van der Waals surface area contributed by atoms with Gasteiger partial charge in [-0.15, -0.1) is 0 Å². The van der Waals surface area contributed by atoms with Gasteiger partial charge >= 0.3 is 0 Å². The molecule has 30 heavy (non-hydrogen) atoms. The highest BCUT2D eigenvalue weighted by atomic mass is 16.5. The SMILES string of the molecule is CN1CC[C@]23c4c5ccc(O)c4O[C@H]2c2nnc(-c4ccccc4)cc2C[C@H]3[C@@H]1C5. The zero-order valence-electron chi connectivity index (χ0n) is 16.9. The third-order valence-corrected chi connectivity index (χ3v) is 8.05. The summed E-state index contributed by atoms with van der Waals surface area (Å²) in [5.41, 5.74) is 6.68. The second-order valence-corrected chi connectivity index (χ2v) is 9.30. The number of phenolic OH excluding ortho intramolecular Hbond substituents is 1. The van der Waals surface area contributed by atoms with Crippen molar-refractivity contribution in [2.45, 2.75) is 36.8 Å². The van der Waals surface area contributed by atoms with E-state index < -0.39 is 0 Å². The summed E-state index contributed by atoms with van der Waals surface area (Å²) < 4.78 is 6.55. The van der Waals surface area contributed by atoms with Crippen LogP contribution in [0.1, 0.15) is 34.9 Å². The molecule has 1 spiro atoms. The molecule has 0 unspecified atom stereocenters. The number of phenols is 1. The molecular weight excluding hydrogens is 374 g/mol. The van der Waals surface area contributed by atoms with E-state index >= 15 is 0 Å². The van der Waals surface area contributed by atoms with Gasteiger partial charge in [0.05, 0.1) is 5.69 Å². The fraction of sp³-hybridized carbons (Fsp3) is 0.360. The quantitative estimate of drug-likeness (QED) is 0.679. The van der Waals surface area contributed by atoms with Crippen molar-refractivity contribution in [3.63, 3.8) is 0 Å². The van der Waals surface area contributed by atoms with E-state index in [1.165, 1.54) is 16.7 Å². The van der Waals surface area contributed by atoms with Gasteiger partial charge < -0.3 is 14.7 Å². The highest BCUT2D eigenvalue weighted by molar-refractivity contribution is 5.64. The molecule has 3 heterocycles. The predicted molar refractivity (Wildman–Crippen MR) is 113 cm³/mol. The van der Waals surface area contributed by atoms with Crippen LogP contribution in [0.5, 0.6) is 11.5 Å². The number of likely N-dealkylation sites (N-methyl/N-ethyl adjacent to an activating group) is 1. The van der Waals surface area contributed by atoms with E-state index in [0.29, 0.717) is 17.7 Å². The first kappa shape index (κ1) is 16.8. The van der Waals surface area contributed by atoms with Gasteiger partial charge in [0.2, 0.25) is 0 Å². The van der Waals surface area contributed by atoms with Crippen LogP contribution in [0.3, 0.4) is 0 Å². The summed E-state index contributed by atoms with van der Waals surface area (Å²) in [5.74, 6) is 1.40. The summed E-state index contributed by atoms with van der Waals surface area (Å²) in [6.07, 6.45) is 2.86. The first-order valence-corrected chi connectivity index (χ1v) is 10.8. The first-order chi connectivity index (χ1) is 14.7. The molecule has 1 saturated heterocycles. The number of ether oxygens (including phenoxy) is 1. The number of benzene rings is 2. The lowest BCUT2D eigenvalue weighted by Gasteiger charge is -2.57. The highest BCUT2D eigenvalue weighted by Gasteiger charge is 2.65. The van der Waals surface area contributed by atoms with Gasteiger partial charge in [-0.25, -0.2) is 0 Å². The third-order valence-electron chi connectivity index (χ3n) is 8.05. The summed E-state index contributed by atoms with van der Waals surface area (Å²) in [4.78, 5) is 2.53. The number of rotatable bonds is 1. The van der Waals surface area contributed by atoms with Crippen LogP contribution in [-0.2, 0) is 18.3 Å². The van der Waals surface area contributed by atoms with Crippen molar-refractivity contribution in [2.75, 3.05) is 13.6 Å². The molecule has 1 N–H and O–H groups in total. The molecule has 150 valence electrons. The molecule has 2 aliphatic carbocycles. The summed E-state index contributed by atoms with van der Waals surface area (Å²) >= 11 is 0. The Bertz CT molecular complexity index is 1190. The van der Waals surface area contributed by atoms with Crippen LogP contribution in [0.4, 0.5) is 0 Å². The van der Waals surface area contributed by atoms with E-state index in [9.17, 15) is 5.11 Å². The summed E-state index contributed by atoms with van der Waals surface area (Å²) in [6, 6.07) is 16.8. The highest BCUT2D eigenvalue weighted by Crippen LogP contribution is 2.66. The zero-order chi connectivity index (χ0) is 20.0. The molecule has 2 aromatic carbocycles. The lowest BCUT2D eigenvalue weighted by Crippen LogP contribution is -2.62. The van der Waals surface area contributed by atoms with E-state index in [-0.39, 0.29) is 17.3 Å². The number of hydrogen-bond acceptors (Lipinski definition) is 5. The Kier molecular flexibility index (Phi) is 3.15. The maximum absolute atomic E-state index is 10.6. The van der Waals surface area contributed by atoms with E-state index in [4.69, 9.17) is 9.84 Å². The monoisotopic (exact) mass is 397 g/mol. The van der Waals surface area contributed by atoms with Crippen LogP contribution in [0.2, 0.25) is 0 Å². The van der Waals surface area contributed by atoms with E-state index in [1.807, 2.05) is 18.2 Å². The number of likely N-dealkylation sites (tertiary alicyclic amines) is 1. The summed E-state index contributed by atoms with van der Waals surface area (Å²) in [5, 5.41) is 19.9. The molecule has 4 atom stereocenters. The predicted octanol–water partition coefficient (Wildman–Crippen LogP) is 3.65. The van der Waals surface area contributed by atoms with Gasteiger partial charge in [0, 0.05) is 22.6 Å². The standard InChI is InChI=1S/C25H23N3O2/c1-28-10-9-25-17-11-16-12-18(14-5-3-2-4-6-14)26-27-22(16)24(25)30-23-20(29)8-7-15(21(23)25)13-19(17)28/h2-8,12,17,19,24,29H,9-11,13H2,1H3/t17-,19-,24-,25-/m0/s1. The molecule has 0 radical (unpaired) electrons. The molecule has 4 aliphatic rings. The van der Waals surface area contributed by atoms with Gasteiger partial charge in [-0.05, 0) is 62.0 Å². The number of aromatic hydroxyl groups is 1. The van der Waals surface area contributed by atoms with Crippen LogP contribution >= 0.6 is 0 Å². The number of piperidine rings is 1. The van der Waals surface area contributed by atoms with Gasteiger partial charge in [-0.1, -0.05) is 36.4 Å². The lowest BCUT2D eigenvalue weighted by molar-refractivity contribution is -0.0264. The fourth-order valence-corrected chi connectivity index (χ4v) is 6.72. The molecule has 5 nitrogen and oxygen atoms in total. The third kappa shape index (κ3) is 1.92. The van der Waals surface area contributed by atoms with E-state index in [2.05, 4.69) is 41.3 Å². The Balaban J connectivity index is 1.45. The van der Waals surface area contributed by atoms with Crippen LogP contribution in [0.25, 0.3) is 11.3 Å². The second kappa shape index (κ2) is 5.61. The van der Waals surface area contributed by atoms with Crippen molar-refractivity contribution in [1.29, 1.82) is 0 Å². The van der Waals surface area contributed by atoms with Crippen LogP contribution in [-0.4, -0.2) is 39.8 Å². The molecule has 2 bridgehead atoms. The molecule has 5 heteroatoms. The van der Waals surface area contributed by atoms with Crippen molar-refractivity contribution >= 4 is 0 Å². The average molecular weight is 397 g/mol. The van der Waals surface area contributed by atoms with Crippen LogP contribution < -0.4 is 4.74 Å².